The summed E-state index contributed by atoms with van der Waals surface area (Å²) in [7, 11) is 0. The maximum atomic E-state index is 13.0. The lowest BCUT2D eigenvalue weighted by atomic mass is 9.73. The Kier molecular flexibility index (Phi) is 4.45. The summed E-state index contributed by atoms with van der Waals surface area (Å²) in [4.78, 5) is 31.0. The van der Waals surface area contributed by atoms with Gasteiger partial charge in [-0.25, -0.2) is 4.79 Å². The second-order valence-corrected chi connectivity index (χ2v) is 7.50. The molecule has 2 aromatic rings. The molecule has 2 fully saturated rings. The molecule has 1 aromatic heterocycles. The highest BCUT2D eigenvalue weighted by Gasteiger charge is 2.55. The van der Waals surface area contributed by atoms with E-state index in [4.69, 9.17) is 4.52 Å². The molecule has 4 rings (SSSR count). The number of imide groups is 1. The third-order valence-corrected chi connectivity index (χ3v) is 5.88. The molecule has 1 saturated heterocycles. The van der Waals surface area contributed by atoms with Crippen LogP contribution in [-0.4, -0.2) is 32.5 Å². The first kappa shape index (κ1) is 17.7. The van der Waals surface area contributed by atoms with Crippen molar-refractivity contribution < 1.29 is 14.1 Å². The van der Waals surface area contributed by atoms with Crippen LogP contribution in [0.5, 0.6) is 0 Å². The third kappa shape index (κ3) is 3.01. The number of rotatable bonds is 4. The van der Waals surface area contributed by atoms with Gasteiger partial charge in [0.2, 0.25) is 11.7 Å². The van der Waals surface area contributed by atoms with E-state index in [-0.39, 0.29) is 30.3 Å². The predicted octanol–water partition coefficient (Wildman–Crippen LogP) is 3.30. The van der Waals surface area contributed by atoms with Gasteiger partial charge >= 0.3 is 6.03 Å². The Morgan fingerprint density at radius 3 is 2.74 bits per heavy atom. The van der Waals surface area contributed by atoms with Gasteiger partial charge in [0.25, 0.3) is 5.91 Å². The van der Waals surface area contributed by atoms with E-state index in [9.17, 15) is 9.59 Å². The Morgan fingerprint density at radius 2 is 2.04 bits per heavy atom. The number of nitrogens with one attached hydrogen (secondary N) is 1. The number of aromatic nitrogens is 2. The van der Waals surface area contributed by atoms with Crippen molar-refractivity contribution in [2.24, 2.45) is 5.92 Å². The molecule has 7 heteroatoms. The van der Waals surface area contributed by atoms with Crippen LogP contribution < -0.4 is 5.32 Å². The van der Waals surface area contributed by atoms with Gasteiger partial charge in [0, 0.05) is 5.56 Å². The summed E-state index contributed by atoms with van der Waals surface area (Å²) in [5, 5.41) is 6.94. The highest BCUT2D eigenvalue weighted by Crippen LogP contribution is 2.38. The molecule has 7 nitrogen and oxygen atoms in total. The van der Waals surface area contributed by atoms with Crippen LogP contribution in [-0.2, 0) is 17.8 Å². The number of hydrogen-bond acceptors (Lipinski definition) is 5. The quantitative estimate of drug-likeness (QED) is 0.837. The minimum Gasteiger partial charge on any atom is -0.337 e. The fourth-order valence-corrected chi connectivity index (χ4v) is 4.10. The average Bonchev–Trinajstić information content (AvgIpc) is 3.24. The van der Waals surface area contributed by atoms with Gasteiger partial charge in [-0.3, -0.25) is 9.69 Å². The molecular formula is C20H24N4O3. The van der Waals surface area contributed by atoms with Crippen molar-refractivity contribution in [2.45, 2.75) is 58.0 Å². The first-order chi connectivity index (χ1) is 13.0. The van der Waals surface area contributed by atoms with Crippen LogP contribution in [0.15, 0.2) is 28.8 Å². The second-order valence-electron chi connectivity index (χ2n) is 7.50. The van der Waals surface area contributed by atoms with Gasteiger partial charge < -0.3 is 9.84 Å². The molecular weight excluding hydrogens is 344 g/mol. The van der Waals surface area contributed by atoms with Gasteiger partial charge in [-0.05, 0) is 30.7 Å². The van der Waals surface area contributed by atoms with Gasteiger partial charge in [0.15, 0.2) is 0 Å². The second kappa shape index (κ2) is 6.79. The van der Waals surface area contributed by atoms with Crippen molar-refractivity contribution in [3.63, 3.8) is 0 Å². The molecule has 1 aliphatic heterocycles. The van der Waals surface area contributed by atoms with Crippen LogP contribution in [0.2, 0.25) is 0 Å². The van der Waals surface area contributed by atoms with Gasteiger partial charge in [0.05, 0.1) is 0 Å². The molecule has 0 radical (unpaired) electrons. The molecule has 142 valence electrons. The van der Waals surface area contributed by atoms with Crippen LogP contribution in [0, 0.1) is 5.92 Å². The molecule has 1 N–H and O–H groups in total. The summed E-state index contributed by atoms with van der Waals surface area (Å²) in [5.41, 5.74) is 1.30. The molecule has 1 spiro atoms. The van der Waals surface area contributed by atoms with E-state index in [0.29, 0.717) is 12.2 Å². The summed E-state index contributed by atoms with van der Waals surface area (Å²) in [6, 6.07) is 7.56. The lowest BCUT2D eigenvalue weighted by Gasteiger charge is -2.36. The SMILES string of the molecule is CCc1ccc(-c2noc(CN3C(=O)N[C@@]4(CCCC[C@@H]4C)C3=O)n2)cc1. The first-order valence-electron chi connectivity index (χ1n) is 9.59. The van der Waals surface area contributed by atoms with Gasteiger partial charge in [-0.1, -0.05) is 56.1 Å². The summed E-state index contributed by atoms with van der Waals surface area (Å²) in [6.07, 6.45) is 4.63. The number of aryl methyl sites for hydroxylation is 1. The number of urea groups is 1. The number of carbonyl (C=O) groups excluding carboxylic acids is 2. The normalized spacial score (nSPS) is 25.3. The van der Waals surface area contributed by atoms with Crippen molar-refractivity contribution in [1.29, 1.82) is 0 Å². The van der Waals surface area contributed by atoms with Crippen LogP contribution in [0.1, 0.15) is 51.0 Å². The van der Waals surface area contributed by atoms with Crippen molar-refractivity contribution in [3.05, 3.63) is 35.7 Å². The molecule has 2 atom stereocenters. The molecule has 2 aliphatic rings. The standard InChI is InChI=1S/C20H24N4O3/c1-3-14-7-9-15(10-8-14)17-21-16(27-23-17)12-24-18(25)20(22-19(24)26)11-5-4-6-13(20)2/h7-10,13H,3-6,11-12H2,1-2H3,(H,22,26)/t13-,20+/m0/s1. The zero-order valence-corrected chi connectivity index (χ0v) is 15.7. The fourth-order valence-electron chi connectivity index (χ4n) is 4.10. The van der Waals surface area contributed by atoms with E-state index in [1.54, 1.807) is 0 Å². The lowest BCUT2D eigenvalue weighted by molar-refractivity contribution is -0.134. The average molecular weight is 368 g/mol. The Hall–Kier alpha value is -2.70. The van der Waals surface area contributed by atoms with E-state index in [1.165, 1.54) is 10.5 Å². The Labute approximate surface area is 158 Å². The van der Waals surface area contributed by atoms with Crippen LogP contribution >= 0.6 is 0 Å². The van der Waals surface area contributed by atoms with Crippen molar-refractivity contribution in [3.8, 4) is 11.4 Å². The van der Waals surface area contributed by atoms with Crippen molar-refractivity contribution in [2.75, 3.05) is 0 Å². The van der Waals surface area contributed by atoms with Gasteiger partial charge in [0.1, 0.15) is 12.1 Å². The largest absolute Gasteiger partial charge is 0.337 e. The number of carbonyl (C=O) groups is 2. The molecule has 0 unspecified atom stereocenters. The first-order valence-corrected chi connectivity index (χ1v) is 9.59. The number of hydrogen-bond donors (Lipinski definition) is 1. The van der Waals surface area contributed by atoms with E-state index >= 15 is 0 Å². The number of benzene rings is 1. The summed E-state index contributed by atoms with van der Waals surface area (Å²) in [5.74, 6) is 0.670. The highest BCUT2D eigenvalue weighted by molar-refractivity contribution is 6.07. The molecule has 3 amide bonds. The van der Waals surface area contributed by atoms with E-state index < -0.39 is 5.54 Å². The van der Waals surface area contributed by atoms with Crippen LogP contribution in [0.25, 0.3) is 11.4 Å². The van der Waals surface area contributed by atoms with Gasteiger partial charge in [-0.15, -0.1) is 0 Å². The number of amides is 3. The summed E-state index contributed by atoms with van der Waals surface area (Å²) >= 11 is 0. The maximum absolute atomic E-state index is 13.0. The Bertz CT molecular complexity index is 860. The maximum Gasteiger partial charge on any atom is 0.325 e. The van der Waals surface area contributed by atoms with E-state index in [2.05, 4.69) is 22.4 Å². The Morgan fingerprint density at radius 1 is 1.26 bits per heavy atom. The fraction of sp³-hybridized carbons (Fsp3) is 0.500. The molecule has 1 aliphatic carbocycles. The molecule has 0 bridgehead atoms. The van der Waals surface area contributed by atoms with Gasteiger partial charge in [-0.2, -0.15) is 4.98 Å². The monoisotopic (exact) mass is 368 g/mol. The zero-order chi connectivity index (χ0) is 19.0. The van der Waals surface area contributed by atoms with Crippen molar-refractivity contribution in [1.82, 2.24) is 20.4 Å². The highest BCUT2D eigenvalue weighted by atomic mass is 16.5. The van der Waals surface area contributed by atoms with E-state index in [0.717, 1.165) is 31.2 Å². The van der Waals surface area contributed by atoms with E-state index in [1.807, 2.05) is 31.2 Å². The lowest BCUT2D eigenvalue weighted by Crippen LogP contribution is -2.53. The predicted molar refractivity (Wildman–Crippen MR) is 98.6 cm³/mol. The minimum atomic E-state index is -0.770. The topological polar surface area (TPSA) is 88.3 Å². The van der Waals surface area contributed by atoms with Crippen LogP contribution in [0.3, 0.4) is 0 Å². The molecule has 2 heterocycles. The van der Waals surface area contributed by atoms with Crippen molar-refractivity contribution >= 4 is 11.9 Å². The summed E-state index contributed by atoms with van der Waals surface area (Å²) < 4.78 is 5.30. The molecule has 27 heavy (non-hydrogen) atoms. The van der Waals surface area contributed by atoms with Crippen LogP contribution in [0.4, 0.5) is 4.79 Å². The zero-order valence-electron chi connectivity index (χ0n) is 15.7. The Balaban J connectivity index is 1.52. The summed E-state index contributed by atoms with van der Waals surface area (Å²) in [6.45, 7) is 4.13. The minimum absolute atomic E-state index is 0.000813. The smallest absolute Gasteiger partial charge is 0.325 e. The molecule has 1 aromatic carbocycles. The number of nitrogens with zero attached hydrogens (tertiary/aromatic N) is 3. The molecule has 1 saturated carbocycles. The third-order valence-electron chi connectivity index (χ3n) is 5.88.